The van der Waals surface area contributed by atoms with Crippen LogP contribution in [-0.2, 0) is 26.2 Å². The van der Waals surface area contributed by atoms with E-state index < -0.39 is 28.5 Å². The maximum absolute atomic E-state index is 13.6. The van der Waals surface area contributed by atoms with Crippen LogP contribution in [0, 0.1) is 26.7 Å². The van der Waals surface area contributed by atoms with Gasteiger partial charge in [0.15, 0.2) is 0 Å². The first-order chi connectivity index (χ1) is 15.8. The van der Waals surface area contributed by atoms with Gasteiger partial charge >= 0.3 is 0 Å². The second kappa shape index (κ2) is 11.5. The number of aryl methyl sites for hydroxylation is 2. The summed E-state index contributed by atoms with van der Waals surface area (Å²) in [5, 5.41) is 2.88. The minimum atomic E-state index is -3.75. The number of benzene rings is 2. The van der Waals surface area contributed by atoms with Crippen molar-refractivity contribution in [2.45, 2.75) is 54.1 Å². The molecular formula is C26H37N3O4S. The van der Waals surface area contributed by atoms with Crippen molar-refractivity contribution in [1.82, 2.24) is 10.2 Å². The molecule has 0 heterocycles. The van der Waals surface area contributed by atoms with Gasteiger partial charge in [-0.2, -0.15) is 0 Å². The normalized spacial score (nSPS) is 12.4. The molecule has 8 heteroatoms. The second-order valence-corrected chi connectivity index (χ2v) is 11.2. The van der Waals surface area contributed by atoms with Gasteiger partial charge in [0.25, 0.3) is 0 Å². The zero-order valence-electron chi connectivity index (χ0n) is 21.3. The van der Waals surface area contributed by atoms with E-state index in [0.29, 0.717) is 12.2 Å². The van der Waals surface area contributed by atoms with Crippen LogP contribution in [0.3, 0.4) is 0 Å². The summed E-state index contributed by atoms with van der Waals surface area (Å²) in [7, 11) is -3.75. The van der Waals surface area contributed by atoms with Gasteiger partial charge in [-0.1, -0.05) is 50.2 Å². The molecule has 0 aliphatic carbocycles. The molecule has 0 saturated heterocycles. The monoisotopic (exact) mass is 487 g/mol. The molecule has 0 fully saturated rings. The van der Waals surface area contributed by atoms with Gasteiger partial charge in [0.05, 0.1) is 11.9 Å². The zero-order valence-corrected chi connectivity index (χ0v) is 22.1. The van der Waals surface area contributed by atoms with E-state index in [0.717, 1.165) is 32.8 Å². The number of sulfonamides is 1. The van der Waals surface area contributed by atoms with Crippen LogP contribution in [0.5, 0.6) is 0 Å². The molecule has 1 atom stereocenters. The van der Waals surface area contributed by atoms with E-state index in [4.69, 9.17) is 0 Å². The van der Waals surface area contributed by atoms with Gasteiger partial charge in [-0.25, -0.2) is 8.42 Å². The lowest BCUT2D eigenvalue weighted by Gasteiger charge is -2.32. The van der Waals surface area contributed by atoms with Crippen molar-refractivity contribution in [3.63, 3.8) is 0 Å². The van der Waals surface area contributed by atoms with E-state index in [1.54, 1.807) is 19.1 Å². The van der Waals surface area contributed by atoms with Crippen molar-refractivity contribution >= 4 is 27.5 Å². The number of nitrogens with one attached hydrogen (secondary N) is 1. The molecule has 2 aromatic rings. The molecule has 0 spiro atoms. The molecule has 0 aromatic heterocycles. The predicted molar refractivity (Wildman–Crippen MR) is 137 cm³/mol. The quantitative estimate of drug-likeness (QED) is 0.555. The Morgan fingerprint density at radius 2 is 1.56 bits per heavy atom. The molecule has 0 bridgehead atoms. The van der Waals surface area contributed by atoms with Crippen molar-refractivity contribution in [3.05, 3.63) is 64.7 Å². The van der Waals surface area contributed by atoms with Crippen LogP contribution in [0.1, 0.15) is 43.0 Å². The van der Waals surface area contributed by atoms with Crippen LogP contribution in [0.25, 0.3) is 0 Å². The number of carbonyl (C=O) groups is 2. The summed E-state index contributed by atoms with van der Waals surface area (Å²) in [6.07, 6.45) is 1.09. The Morgan fingerprint density at radius 1 is 0.941 bits per heavy atom. The minimum absolute atomic E-state index is 0.201. The zero-order chi connectivity index (χ0) is 25.6. The maximum Gasteiger partial charge on any atom is 0.244 e. The van der Waals surface area contributed by atoms with Crippen molar-refractivity contribution in [1.29, 1.82) is 0 Å². The molecular weight excluding hydrogens is 450 g/mol. The smallest absolute Gasteiger partial charge is 0.244 e. The van der Waals surface area contributed by atoms with Gasteiger partial charge in [-0.3, -0.25) is 13.9 Å². The summed E-state index contributed by atoms with van der Waals surface area (Å²) in [6.45, 7) is 11.6. The summed E-state index contributed by atoms with van der Waals surface area (Å²) < 4.78 is 26.6. The highest BCUT2D eigenvalue weighted by atomic mass is 32.2. The van der Waals surface area contributed by atoms with E-state index in [-0.39, 0.29) is 18.4 Å². The Kier molecular flexibility index (Phi) is 9.27. The maximum atomic E-state index is 13.6. The van der Waals surface area contributed by atoms with E-state index in [9.17, 15) is 18.0 Å². The van der Waals surface area contributed by atoms with E-state index in [1.165, 1.54) is 4.90 Å². The lowest BCUT2D eigenvalue weighted by molar-refractivity contribution is -0.139. The highest BCUT2D eigenvalue weighted by Gasteiger charge is 2.30. The first kappa shape index (κ1) is 27.4. The molecule has 2 amide bonds. The lowest BCUT2D eigenvalue weighted by atomic mass is 10.1. The molecule has 0 aliphatic rings. The van der Waals surface area contributed by atoms with Crippen LogP contribution in [0.4, 0.5) is 5.69 Å². The minimum Gasteiger partial charge on any atom is -0.354 e. The molecule has 0 unspecified atom stereocenters. The average molecular weight is 488 g/mol. The number of hydrogen-bond donors (Lipinski definition) is 1. The molecule has 2 aromatic carbocycles. The molecule has 0 aliphatic heterocycles. The third kappa shape index (κ3) is 7.06. The van der Waals surface area contributed by atoms with Crippen LogP contribution < -0.4 is 9.62 Å². The lowest BCUT2D eigenvalue weighted by Crippen LogP contribution is -2.51. The first-order valence-electron chi connectivity index (χ1n) is 11.5. The Balaban J connectivity index is 2.43. The van der Waals surface area contributed by atoms with E-state index >= 15 is 0 Å². The van der Waals surface area contributed by atoms with Gasteiger partial charge in [0.2, 0.25) is 21.8 Å². The topological polar surface area (TPSA) is 86.8 Å². The molecule has 7 nitrogen and oxygen atoms in total. The Morgan fingerprint density at radius 3 is 2.15 bits per heavy atom. The predicted octanol–water partition coefficient (Wildman–Crippen LogP) is 3.57. The molecule has 1 N–H and O–H groups in total. The standard InChI is InChI=1S/C26H37N3O4S/c1-18(2)15-27-26(31)22(6)28(16-23-13-9-8-11-20(23)4)25(30)17-29(34(7,32)33)24-14-10-12-19(3)21(24)5/h8-14,18,22H,15-17H2,1-7H3,(H,27,31)/t22-/m0/s1. The second-order valence-electron chi connectivity index (χ2n) is 9.25. The summed E-state index contributed by atoms with van der Waals surface area (Å²) in [4.78, 5) is 28.0. The first-order valence-corrected chi connectivity index (χ1v) is 13.3. The molecule has 186 valence electrons. The fraction of sp³-hybridized carbons (Fsp3) is 0.462. The number of carbonyl (C=O) groups excluding carboxylic acids is 2. The molecule has 2 rings (SSSR count). The molecule has 0 saturated carbocycles. The van der Waals surface area contributed by atoms with Gasteiger partial charge in [-0.15, -0.1) is 0 Å². The fourth-order valence-electron chi connectivity index (χ4n) is 3.61. The number of nitrogens with zero attached hydrogens (tertiary/aromatic N) is 2. The fourth-order valence-corrected chi connectivity index (χ4v) is 4.51. The van der Waals surface area contributed by atoms with Crippen molar-refractivity contribution in [2.24, 2.45) is 5.92 Å². The van der Waals surface area contributed by atoms with E-state index in [1.807, 2.05) is 65.0 Å². The summed E-state index contributed by atoms with van der Waals surface area (Å²) in [5.41, 5.74) is 4.07. The number of hydrogen-bond acceptors (Lipinski definition) is 4. The van der Waals surface area contributed by atoms with Crippen molar-refractivity contribution in [3.8, 4) is 0 Å². The molecule has 34 heavy (non-hydrogen) atoms. The summed E-state index contributed by atoms with van der Waals surface area (Å²) in [5.74, 6) is -0.447. The largest absolute Gasteiger partial charge is 0.354 e. The van der Waals surface area contributed by atoms with Crippen LogP contribution in [-0.4, -0.2) is 50.5 Å². The van der Waals surface area contributed by atoms with E-state index in [2.05, 4.69) is 5.32 Å². The highest BCUT2D eigenvalue weighted by Crippen LogP contribution is 2.25. The number of rotatable bonds is 10. The van der Waals surface area contributed by atoms with Gasteiger partial charge in [-0.05, 0) is 61.9 Å². The number of anilines is 1. The highest BCUT2D eigenvalue weighted by molar-refractivity contribution is 7.92. The Hall–Kier alpha value is -2.87. The Bertz CT molecular complexity index is 1130. The third-order valence-electron chi connectivity index (χ3n) is 5.98. The Labute approximate surface area is 204 Å². The van der Waals surface area contributed by atoms with Crippen LogP contribution in [0.2, 0.25) is 0 Å². The SMILES string of the molecule is Cc1ccccc1CN(C(=O)CN(c1cccc(C)c1C)S(C)(=O)=O)[C@@H](C)C(=O)NCC(C)C. The molecule has 0 radical (unpaired) electrons. The number of amides is 2. The third-order valence-corrected chi connectivity index (χ3v) is 7.10. The van der Waals surface area contributed by atoms with Gasteiger partial charge in [0.1, 0.15) is 12.6 Å². The summed E-state index contributed by atoms with van der Waals surface area (Å²) in [6, 6.07) is 12.2. The van der Waals surface area contributed by atoms with Crippen molar-refractivity contribution in [2.75, 3.05) is 23.7 Å². The average Bonchev–Trinajstić information content (AvgIpc) is 2.76. The van der Waals surface area contributed by atoms with Crippen molar-refractivity contribution < 1.29 is 18.0 Å². The van der Waals surface area contributed by atoms with Gasteiger partial charge in [0, 0.05) is 13.1 Å². The summed E-state index contributed by atoms with van der Waals surface area (Å²) >= 11 is 0. The van der Waals surface area contributed by atoms with Crippen LogP contribution in [0.15, 0.2) is 42.5 Å². The van der Waals surface area contributed by atoms with Gasteiger partial charge < -0.3 is 10.2 Å². The van der Waals surface area contributed by atoms with Crippen LogP contribution >= 0.6 is 0 Å².